The number of fused-ring (bicyclic) bond motifs is 1. The van der Waals surface area contributed by atoms with Gasteiger partial charge in [-0.05, 0) is 18.2 Å². The highest BCUT2D eigenvalue weighted by atomic mass is 16.5. The Morgan fingerprint density at radius 3 is 2.94 bits per heavy atom. The number of hydrogen-bond acceptors (Lipinski definition) is 4. The fourth-order valence-electron chi connectivity index (χ4n) is 1.77. The van der Waals surface area contributed by atoms with Gasteiger partial charge in [-0.1, -0.05) is 0 Å². The van der Waals surface area contributed by atoms with E-state index < -0.39 is 0 Å². The fraction of sp³-hybridized carbons (Fsp3) is 0.0833. The standard InChI is InChI=1S/C12H10N4O/c1-17-9-2-3-10-11(6-9)14-5-4-12(10)16-8-13-7-15-16/h2-8H,1H3. The summed E-state index contributed by atoms with van der Waals surface area (Å²) in [5, 5.41) is 5.14. The number of benzene rings is 1. The summed E-state index contributed by atoms with van der Waals surface area (Å²) in [6.07, 6.45) is 4.92. The van der Waals surface area contributed by atoms with Gasteiger partial charge < -0.3 is 4.74 Å². The summed E-state index contributed by atoms with van der Waals surface area (Å²) in [6, 6.07) is 7.68. The Labute approximate surface area is 97.7 Å². The van der Waals surface area contributed by atoms with E-state index in [2.05, 4.69) is 15.1 Å². The van der Waals surface area contributed by atoms with Gasteiger partial charge in [-0.25, -0.2) is 9.67 Å². The van der Waals surface area contributed by atoms with Crippen LogP contribution >= 0.6 is 0 Å². The van der Waals surface area contributed by atoms with Gasteiger partial charge in [0.2, 0.25) is 0 Å². The number of hydrogen-bond donors (Lipinski definition) is 0. The van der Waals surface area contributed by atoms with Crippen molar-refractivity contribution in [1.29, 1.82) is 0 Å². The van der Waals surface area contributed by atoms with E-state index in [1.165, 1.54) is 6.33 Å². The molecule has 0 bridgehead atoms. The average Bonchev–Trinajstić information content (AvgIpc) is 2.91. The van der Waals surface area contributed by atoms with E-state index in [1.54, 1.807) is 24.3 Å². The van der Waals surface area contributed by atoms with Gasteiger partial charge in [-0.3, -0.25) is 4.98 Å². The maximum absolute atomic E-state index is 5.18. The molecule has 0 aliphatic rings. The third-order valence-electron chi connectivity index (χ3n) is 2.59. The molecule has 2 aromatic heterocycles. The topological polar surface area (TPSA) is 52.8 Å². The third-order valence-corrected chi connectivity index (χ3v) is 2.59. The first-order chi connectivity index (χ1) is 8.38. The Kier molecular flexibility index (Phi) is 2.22. The predicted molar refractivity (Wildman–Crippen MR) is 63.2 cm³/mol. The highest BCUT2D eigenvalue weighted by molar-refractivity contribution is 5.87. The molecule has 17 heavy (non-hydrogen) atoms. The van der Waals surface area contributed by atoms with Crippen LogP contribution in [-0.2, 0) is 0 Å². The normalized spacial score (nSPS) is 10.6. The molecule has 2 heterocycles. The van der Waals surface area contributed by atoms with Crippen molar-refractivity contribution in [3.05, 3.63) is 43.1 Å². The third kappa shape index (κ3) is 1.61. The largest absolute Gasteiger partial charge is 0.497 e. The Bertz CT molecular complexity index is 649. The quantitative estimate of drug-likeness (QED) is 0.668. The lowest BCUT2D eigenvalue weighted by molar-refractivity contribution is 0.415. The molecular formula is C12H10N4O. The van der Waals surface area contributed by atoms with Crippen LogP contribution in [0.25, 0.3) is 16.6 Å². The minimum Gasteiger partial charge on any atom is -0.497 e. The summed E-state index contributed by atoms with van der Waals surface area (Å²) in [5.41, 5.74) is 1.83. The molecule has 0 aliphatic heterocycles. The van der Waals surface area contributed by atoms with Gasteiger partial charge in [0.15, 0.2) is 0 Å². The number of methoxy groups -OCH3 is 1. The Balaban J connectivity index is 2.27. The lowest BCUT2D eigenvalue weighted by Gasteiger charge is -2.06. The molecule has 0 atom stereocenters. The number of pyridine rings is 1. The Hall–Kier alpha value is -2.43. The second-order valence-corrected chi connectivity index (χ2v) is 3.55. The molecule has 0 aliphatic carbocycles. The molecule has 0 amide bonds. The van der Waals surface area contributed by atoms with Crippen LogP contribution < -0.4 is 4.74 Å². The lowest BCUT2D eigenvalue weighted by Crippen LogP contribution is -1.96. The zero-order valence-electron chi connectivity index (χ0n) is 9.24. The van der Waals surface area contributed by atoms with Gasteiger partial charge in [-0.15, -0.1) is 0 Å². The van der Waals surface area contributed by atoms with E-state index in [-0.39, 0.29) is 0 Å². The van der Waals surface area contributed by atoms with Crippen molar-refractivity contribution in [3.8, 4) is 11.4 Å². The first-order valence-electron chi connectivity index (χ1n) is 5.16. The van der Waals surface area contributed by atoms with E-state index in [9.17, 15) is 0 Å². The minimum absolute atomic E-state index is 0.792. The van der Waals surface area contributed by atoms with Gasteiger partial charge >= 0.3 is 0 Å². The molecule has 0 radical (unpaired) electrons. The Morgan fingerprint density at radius 1 is 1.24 bits per heavy atom. The van der Waals surface area contributed by atoms with Crippen LogP contribution in [0.15, 0.2) is 43.1 Å². The van der Waals surface area contributed by atoms with Crippen molar-refractivity contribution in [2.75, 3.05) is 7.11 Å². The molecule has 0 fully saturated rings. The van der Waals surface area contributed by atoms with E-state index in [1.807, 2.05) is 24.3 Å². The molecule has 0 unspecified atom stereocenters. The maximum atomic E-state index is 5.18. The van der Waals surface area contributed by atoms with E-state index in [0.29, 0.717) is 0 Å². The van der Waals surface area contributed by atoms with E-state index in [4.69, 9.17) is 4.74 Å². The second-order valence-electron chi connectivity index (χ2n) is 3.55. The summed E-state index contributed by atoms with van der Waals surface area (Å²) in [7, 11) is 1.64. The monoisotopic (exact) mass is 226 g/mol. The van der Waals surface area contributed by atoms with Crippen molar-refractivity contribution in [2.24, 2.45) is 0 Å². The minimum atomic E-state index is 0.792. The smallest absolute Gasteiger partial charge is 0.138 e. The summed E-state index contributed by atoms with van der Waals surface area (Å²) in [6.45, 7) is 0. The van der Waals surface area contributed by atoms with Crippen molar-refractivity contribution in [1.82, 2.24) is 19.7 Å². The molecule has 0 saturated carbocycles. The zero-order chi connectivity index (χ0) is 11.7. The number of ether oxygens (including phenoxy) is 1. The lowest BCUT2D eigenvalue weighted by atomic mass is 10.2. The second kappa shape index (κ2) is 3.86. The summed E-state index contributed by atoms with van der Waals surface area (Å²) >= 11 is 0. The summed E-state index contributed by atoms with van der Waals surface area (Å²) in [4.78, 5) is 8.26. The molecule has 0 spiro atoms. The van der Waals surface area contributed by atoms with Gasteiger partial charge in [0.25, 0.3) is 0 Å². The number of nitrogens with zero attached hydrogens (tertiary/aromatic N) is 4. The van der Waals surface area contributed by atoms with Crippen LogP contribution in [0.1, 0.15) is 0 Å². The van der Waals surface area contributed by atoms with Gasteiger partial charge in [-0.2, -0.15) is 5.10 Å². The van der Waals surface area contributed by atoms with Crippen LogP contribution in [0, 0.1) is 0 Å². The fourth-order valence-corrected chi connectivity index (χ4v) is 1.77. The van der Waals surface area contributed by atoms with Crippen LogP contribution in [0.5, 0.6) is 5.75 Å². The molecule has 5 heteroatoms. The average molecular weight is 226 g/mol. The van der Waals surface area contributed by atoms with Crippen LogP contribution in [-0.4, -0.2) is 26.9 Å². The molecule has 5 nitrogen and oxygen atoms in total. The van der Waals surface area contributed by atoms with Crippen molar-refractivity contribution in [2.45, 2.75) is 0 Å². The first-order valence-corrected chi connectivity index (χ1v) is 5.16. The van der Waals surface area contributed by atoms with Gasteiger partial charge in [0.1, 0.15) is 18.4 Å². The molecule has 84 valence electrons. The summed E-state index contributed by atoms with van der Waals surface area (Å²) in [5.74, 6) is 0.792. The zero-order valence-corrected chi connectivity index (χ0v) is 9.24. The van der Waals surface area contributed by atoms with E-state index in [0.717, 1.165) is 22.3 Å². The van der Waals surface area contributed by atoms with Crippen LogP contribution in [0.3, 0.4) is 0 Å². The molecular weight excluding hydrogens is 216 g/mol. The molecule has 3 rings (SSSR count). The van der Waals surface area contributed by atoms with Gasteiger partial charge in [0.05, 0.1) is 18.3 Å². The number of rotatable bonds is 2. The van der Waals surface area contributed by atoms with Crippen molar-refractivity contribution < 1.29 is 4.74 Å². The highest BCUT2D eigenvalue weighted by Crippen LogP contribution is 2.23. The molecule has 0 saturated heterocycles. The molecule has 1 aromatic carbocycles. The van der Waals surface area contributed by atoms with Crippen molar-refractivity contribution in [3.63, 3.8) is 0 Å². The predicted octanol–water partition coefficient (Wildman–Crippen LogP) is 1.82. The van der Waals surface area contributed by atoms with E-state index >= 15 is 0 Å². The maximum Gasteiger partial charge on any atom is 0.138 e. The van der Waals surface area contributed by atoms with Crippen LogP contribution in [0.4, 0.5) is 0 Å². The first kappa shape index (κ1) is 9.77. The highest BCUT2D eigenvalue weighted by Gasteiger charge is 2.05. The summed E-state index contributed by atoms with van der Waals surface area (Å²) < 4.78 is 6.90. The number of aromatic nitrogens is 4. The SMILES string of the molecule is COc1ccc2c(-n3cncn3)ccnc2c1. The Morgan fingerprint density at radius 2 is 2.18 bits per heavy atom. The van der Waals surface area contributed by atoms with Crippen LogP contribution in [0.2, 0.25) is 0 Å². The van der Waals surface area contributed by atoms with Crippen molar-refractivity contribution >= 4 is 10.9 Å². The molecule has 0 N–H and O–H groups in total. The van der Waals surface area contributed by atoms with Gasteiger partial charge in [0, 0.05) is 17.6 Å². The molecule has 3 aromatic rings.